The first kappa shape index (κ1) is 13.5. The van der Waals surface area contributed by atoms with Crippen molar-refractivity contribution in [3.8, 4) is 0 Å². The molecule has 0 aromatic carbocycles. The highest BCUT2D eigenvalue weighted by Gasteiger charge is 2.12. The molecule has 0 atom stereocenters. The van der Waals surface area contributed by atoms with E-state index < -0.39 is 0 Å². The van der Waals surface area contributed by atoms with Crippen LogP contribution >= 0.6 is 0 Å². The zero-order chi connectivity index (χ0) is 14.0. The molecule has 2 aromatic rings. The number of nitrogens with two attached hydrogens (primary N) is 1. The second-order valence-electron chi connectivity index (χ2n) is 4.67. The molecule has 0 amide bonds. The van der Waals surface area contributed by atoms with E-state index in [2.05, 4.69) is 29.4 Å². The van der Waals surface area contributed by atoms with Crippen molar-refractivity contribution in [3.63, 3.8) is 0 Å². The number of nitrogen functional groups attached to an aromatic ring is 1. The summed E-state index contributed by atoms with van der Waals surface area (Å²) in [7, 11) is 3.85. The van der Waals surface area contributed by atoms with Gasteiger partial charge in [-0.25, -0.2) is 0 Å². The molecule has 3 N–H and O–H groups in total. The number of aromatic nitrogens is 4. The molecule has 0 bridgehead atoms. The molecule has 0 saturated heterocycles. The molecule has 104 valence electrons. The molecule has 0 aliphatic heterocycles. The second kappa shape index (κ2) is 5.34. The molecule has 0 spiro atoms. The van der Waals surface area contributed by atoms with Gasteiger partial charge >= 0.3 is 0 Å². The van der Waals surface area contributed by atoms with E-state index >= 15 is 0 Å². The third-order valence-corrected chi connectivity index (χ3v) is 3.27. The topological polar surface area (TPSA) is 73.7 Å². The molecule has 0 aliphatic carbocycles. The first-order chi connectivity index (χ1) is 9.06. The van der Waals surface area contributed by atoms with E-state index in [0.717, 1.165) is 35.7 Å². The molecule has 19 heavy (non-hydrogen) atoms. The van der Waals surface area contributed by atoms with Gasteiger partial charge in [-0.05, 0) is 12.8 Å². The fourth-order valence-corrected chi connectivity index (χ4v) is 2.27. The predicted octanol–water partition coefficient (Wildman–Crippen LogP) is 1.47. The van der Waals surface area contributed by atoms with Crippen molar-refractivity contribution < 1.29 is 0 Å². The van der Waals surface area contributed by atoms with Crippen LogP contribution in [0.4, 0.5) is 11.5 Å². The van der Waals surface area contributed by atoms with Crippen molar-refractivity contribution in [2.75, 3.05) is 11.1 Å². The van der Waals surface area contributed by atoms with Crippen LogP contribution < -0.4 is 11.1 Å². The van der Waals surface area contributed by atoms with E-state index in [0.29, 0.717) is 6.54 Å². The maximum Gasteiger partial charge on any atom is 0.148 e. The molecule has 2 heterocycles. The number of anilines is 2. The average Bonchev–Trinajstić information content (AvgIpc) is 2.88. The van der Waals surface area contributed by atoms with Crippen molar-refractivity contribution >= 4 is 11.5 Å². The number of hydrogen-bond acceptors (Lipinski definition) is 4. The van der Waals surface area contributed by atoms with Crippen LogP contribution in [0.25, 0.3) is 0 Å². The average molecular weight is 262 g/mol. The highest BCUT2D eigenvalue weighted by Crippen LogP contribution is 2.23. The Bertz CT molecular complexity index is 566. The highest BCUT2D eigenvalue weighted by atomic mass is 15.3. The number of nitrogens with zero attached hydrogens (tertiary/aromatic N) is 4. The fourth-order valence-electron chi connectivity index (χ4n) is 2.27. The molecule has 0 unspecified atom stereocenters. The Morgan fingerprint density at radius 3 is 2.42 bits per heavy atom. The van der Waals surface area contributed by atoms with Gasteiger partial charge in [0.25, 0.3) is 0 Å². The molecule has 2 aromatic heterocycles. The number of aryl methyl sites for hydroxylation is 4. The monoisotopic (exact) mass is 262 g/mol. The lowest BCUT2D eigenvalue weighted by Gasteiger charge is -2.07. The minimum atomic E-state index is 0.712. The fraction of sp³-hybridized carbons (Fsp3) is 0.538. The maximum atomic E-state index is 6.09. The van der Waals surface area contributed by atoms with Crippen LogP contribution in [0.2, 0.25) is 0 Å². The first-order valence-corrected chi connectivity index (χ1v) is 6.63. The van der Waals surface area contributed by atoms with Crippen LogP contribution in [0.3, 0.4) is 0 Å². The summed E-state index contributed by atoms with van der Waals surface area (Å²) in [6.07, 6.45) is 3.81. The van der Waals surface area contributed by atoms with Gasteiger partial charge in [0.1, 0.15) is 5.82 Å². The quantitative estimate of drug-likeness (QED) is 0.856. The van der Waals surface area contributed by atoms with Gasteiger partial charge in [0.2, 0.25) is 0 Å². The van der Waals surface area contributed by atoms with Gasteiger partial charge in [-0.1, -0.05) is 13.8 Å². The summed E-state index contributed by atoms with van der Waals surface area (Å²) in [5.41, 5.74) is 10.1. The van der Waals surface area contributed by atoms with Crippen molar-refractivity contribution in [1.29, 1.82) is 0 Å². The van der Waals surface area contributed by atoms with Crippen LogP contribution in [-0.4, -0.2) is 19.6 Å². The molecule has 0 fully saturated rings. The molecule has 0 radical (unpaired) electrons. The Kier molecular flexibility index (Phi) is 3.78. The maximum absolute atomic E-state index is 6.09. The first-order valence-electron chi connectivity index (χ1n) is 6.63. The van der Waals surface area contributed by atoms with Crippen LogP contribution in [0, 0.1) is 0 Å². The minimum absolute atomic E-state index is 0.712. The lowest BCUT2D eigenvalue weighted by molar-refractivity contribution is 0.746. The van der Waals surface area contributed by atoms with Gasteiger partial charge in [0, 0.05) is 32.4 Å². The Morgan fingerprint density at radius 2 is 1.84 bits per heavy atom. The molecular formula is C13H22N6. The Balaban J connectivity index is 2.16. The number of hydrogen-bond donors (Lipinski definition) is 2. The van der Waals surface area contributed by atoms with E-state index in [-0.39, 0.29) is 0 Å². The van der Waals surface area contributed by atoms with Gasteiger partial charge in [-0.2, -0.15) is 10.2 Å². The van der Waals surface area contributed by atoms with Crippen molar-refractivity contribution in [2.45, 2.75) is 33.2 Å². The Morgan fingerprint density at radius 1 is 1.16 bits per heavy atom. The van der Waals surface area contributed by atoms with Gasteiger partial charge < -0.3 is 11.1 Å². The predicted molar refractivity (Wildman–Crippen MR) is 76.9 cm³/mol. The van der Waals surface area contributed by atoms with Gasteiger partial charge in [-0.15, -0.1) is 0 Å². The molecular weight excluding hydrogens is 240 g/mol. The largest absolute Gasteiger partial charge is 0.394 e. The van der Waals surface area contributed by atoms with E-state index in [1.807, 2.05) is 25.0 Å². The van der Waals surface area contributed by atoms with Gasteiger partial charge in [0.05, 0.1) is 17.1 Å². The summed E-state index contributed by atoms with van der Waals surface area (Å²) in [6, 6.07) is 0. The smallest absolute Gasteiger partial charge is 0.148 e. The SMILES string of the molecule is CCc1nn(C)cc1CNc1c(N)c(CC)nn1C. The lowest BCUT2D eigenvalue weighted by Crippen LogP contribution is -2.07. The van der Waals surface area contributed by atoms with Crippen LogP contribution in [0.1, 0.15) is 30.8 Å². The van der Waals surface area contributed by atoms with E-state index in [9.17, 15) is 0 Å². The molecule has 2 rings (SSSR count). The van der Waals surface area contributed by atoms with Crippen molar-refractivity contribution in [3.05, 3.63) is 23.1 Å². The summed E-state index contributed by atoms with van der Waals surface area (Å²) in [6.45, 7) is 4.88. The minimum Gasteiger partial charge on any atom is -0.394 e. The molecule has 0 aliphatic rings. The van der Waals surface area contributed by atoms with Gasteiger partial charge in [0.15, 0.2) is 0 Å². The van der Waals surface area contributed by atoms with Gasteiger partial charge in [-0.3, -0.25) is 9.36 Å². The van der Waals surface area contributed by atoms with E-state index in [1.165, 1.54) is 5.56 Å². The summed E-state index contributed by atoms with van der Waals surface area (Å²) in [5, 5.41) is 12.2. The summed E-state index contributed by atoms with van der Waals surface area (Å²) < 4.78 is 3.65. The molecule has 0 saturated carbocycles. The molecule has 6 nitrogen and oxygen atoms in total. The number of rotatable bonds is 5. The van der Waals surface area contributed by atoms with Crippen LogP contribution in [-0.2, 0) is 33.5 Å². The van der Waals surface area contributed by atoms with E-state index in [1.54, 1.807) is 4.68 Å². The Labute approximate surface area is 113 Å². The van der Waals surface area contributed by atoms with Crippen molar-refractivity contribution in [2.24, 2.45) is 14.1 Å². The third-order valence-electron chi connectivity index (χ3n) is 3.27. The van der Waals surface area contributed by atoms with Crippen LogP contribution in [0.5, 0.6) is 0 Å². The van der Waals surface area contributed by atoms with Crippen LogP contribution in [0.15, 0.2) is 6.20 Å². The highest BCUT2D eigenvalue weighted by molar-refractivity contribution is 5.65. The third kappa shape index (κ3) is 2.57. The second-order valence-corrected chi connectivity index (χ2v) is 4.67. The summed E-state index contributed by atoms with van der Waals surface area (Å²) in [5.74, 6) is 0.878. The zero-order valence-corrected chi connectivity index (χ0v) is 12.1. The van der Waals surface area contributed by atoms with E-state index in [4.69, 9.17) is 5.73 Å². The zero-order valence-electron chi connectivity index (χ0n) is 12.1. The lowest BCUT2D eigenvalue weighted by atomic mass is 10.2. The Hall–Kier alpha value is -1.98. The number of nitrogens with one attached hydrogen (secondary N) is 1. The van der Waals surface area contributed by atoms with Crippen molar-refractivity contribution in [1.82, 2.24) is 19.6 Å². The summed E-state index contributed by atoms with van der Waals surface area (Å²) >= 11 is 0. The normalized spacial score (nSPS) is 10.9. The molecule has 6 heteroatoms. The summed E-state index contributed by atoms with van der Waals surface area (Å²) in [4.78, 5) is 0. The standard InChI is InChI=1S/C13H22N6/c1-5-10-9(8-18(3)16-10)7-15-13-12(14)11(6-2)17-19(13)4/h8,15H,5-7,14H2,1-4H3.